The Morgan fingerprint density at radius 1 is 1.27 bits per heavy atom. The van der Waals surface area contributed by atoms with Crippen molar-refractivity contribution >= 4 is 39.1 Å². The van der Waals surface area contributed by atoms with Crippen LogP contribution in [0.15, 0.2) is 41.4 Å². The molecule has 2 aromatic carbocycles. The maximum Gasteiger partial charge on any atom is 0.283 e. The van der Waals surface area contributed by atoms with Gasteiger partial charge in [0.2, 0.25) is 0 Å². The number of halogens is 1. The third-order valence-electron chi connectivity index (χ3n) is 3.73. The Balaban J connectivity index is 2.14. The van der Waals surface area contributed by atoms with E-state index in [2.05, 4.69) is 10.9 Å². The van der Waals surface area contributed by atoms with Gasteiger partial charge in [-0.05, 0) is 30.3 Å². The van der Waals surface area contributed by atoms with Gasteiger partial charge < -0.3 is 14.0 Å². The minimum atomic E-state index is -0.423. The van der Waals surface area contributed by atoms with Crippen molar-refractivity contribution in [3.8, 4) is 23.8 Å². The Kier molecular flexibility index (Phi) is 5.31. The van der Waals surface area contributed by atoms with Crippen molar-refractivity contribution < 1.29 is 14.3 Å². The minimum absolute atomic E-state index is 0.299. The first-order chi connectivity index (χ1) is 12.6. The number of hydrogen-bond donors (Lipinski definition) is 0. The highest BCUT2D eigenvalue weighted by molar-refractivity contribution is 7.16. The van der Waals surface area contributed by atoms with E-state index in [9.17, 15) is 4.79 Å². The van der Waals surface area contributed by atoms with Gasteiger partial charge in [-0.2, -0.15) is 4.99 Å². The molecule has 0 unspecified atom stereocenters. The summed E-state index contributed by atoms with van der Waals surface area (Å²) in [4.78, 5) is 17.5. The summed E-state index contributed by atoms with van der Waals surface area (Å²) in [5.74, 6) is 3.16. The lowest BCUT2D eigenvalue weighted by Gasteiger charge is -2.07. The fraction of sp³-hybridized carbons (Fsp3) is 0.158. The van der Waals surface area contributed by atoms with Gasteiger partial charge >= 0.3 is 0 Å². The molecule has 0 saturated heterocycles. The van der Waals surface area contributed by atoms with Crippen LogP contribution in [0.1, 0.15) is 10.4 Å². The van der Waals surface area contributed by atoms with Crippen molar-refractivity contribution in [1.29, 1.82) is 0 Å². The number of hydrogen-bond acceptors (Lipinski definition) is 4. The van der Waals surface area contributed by atoms with Gasteiger partial charge in [0.15, 0.2) is 4.80 Å². The monoisotopic (exact) mass is 386 g/mol. The first kappa shape index (κ1) is 18.1. The maximum atomic E-state index is 12.7. The zero-order valence-electron chi connectivity index (χ0n) is 14.2. The largest absolute Gasteiger partial charge is 0.497 e. The molecular weight excluding hydrogens is 372 g/mol. The summed E-state index contributed by atoms with van der Waals surface area (Å²) in [5.41, 5.74) is 1.22. The summed E-state index contributed by atoms with van der Waals surface area (Å²) < 4.78 is 13.2. The first-order valence-corrected chi connectivity index (χ1v) is 8.80. The van der Waals surface area contributed by atoms with Crippen LogP contribution in [0.4, 0.5) is 0 Å². The van der Waals surface area contributed by atoms with Gasteiger partial charge in [0.1, 0.15) is 11.5 Å². The lowest BCUT2D eigenvalue weighted by molar-refractivity contribution is 0.0995. The molecule has 3 aromatic rings. The van der Waals surface area contributed by atoms with Crippen LogP contribution < -0.4 is 14.3 Å². The van der Waals surface area contributed by atoms with Crippen molar-refractivity contribution in [3.63, 3.8) is 0 Å². The smallest absolute Gasteiger partial charge is 0.283 e. The number of amides is 1. The summed E-state index contributed by atoms with van der Waals surface area (Å²) in [7, 11) is 3.04. The Hall–Kier alpha value is -2.75. The predicted molar refractivity (Wildman–Crippen MR) is 103 cm³/mol. The second-order valence-corrected chi connectivity index (χ2v) is 6.72. The fourth-order valence-corrected chi connectivity index (χ4v) is 3.80. The molecule has 0 aliphatic rings. The van der Waals surface area contributed by atoms with Gasteiger partial charge in [-0.3, -0.25) is 4.79 Å². The molecule has 1 amide bonds. The van der Waals surface area contributed by atoms with E-state index in [1.807, 2.05) is 16.7 Å². The molecule has 26 heavy (non-hydrogen) atoms. The van der Waals surface area contributed by atoms with Crippen LogP contribution in [0.2, 0.25) is 5.02 Å². The van der Waals surface area contributed by atoms with Crippen LogP contribution >= 0.6 is 22.9 Å². The van der Waals surface area contributed by atoms with Crippen LogP contribution in [0.5, 0.6) is 11.5 Å². The number of terminal acetylenes is 1. The molecule has 0 atom stereocenters. The minimum Gasteiger partial charge on any atom is -0.497 e. The highest BCUT2D eigenvalue weighted by atomic mass is 35.5. The molecule has 132 valence electrons. The first-order valence-electron chi connectivity index (χ1n) is 7.61. The zero-order chi connectivity index (χ0) is 18.7. The van der Waals surface area contributed by atoms with Crippen LogP contribution in [0.3, 0.4) is 0 Å². The zero-order valence-corrected chi connectivity index (χ0v) is 15.7. The van der Waals surface area contributed by atoms with E-state index < -0.39 is 5.91 Å². The molecule has 0 spiro atoms. The molecule has 0 fully saturated rings. The second kappa shape index (κ2) is 7.65. The number of rotatable bonds is 4. The maximum absolute atomic E-state index is 12.7. The molecule has 0 radical (unpaired) electrons. The van der Waals surface area contributed by atoms with E-state index >= 15 is 0 Å². The van der Waals surface area contributed by atoms with E-state index in [0.717, 1.165) is 10.2 Å². The van der Waals surface area contributed by atoms with E-state index in [4.69, 9.17) is 27.5 Å². The Labute approximate surface area is 159 Å². The highest BCUT2D eigenvalue weighted by Gasteiger charge is 2.14. The molecule has 0 bridgehead atoms. The summed E-state index contributed by atoms with van der Waals surface area (Å²) in [6, 6.07) is 10.4. The number of carbonyl (C=O) groups is 1. The molecule has 1 heterocycles. The molecular formula is C19H15ClN2O3S. The number of methoxy groups -OCH3 is 2. The number of fused-ring (bicyclic) bond motifs is 1. The molecule has 0 aliphatic carbocycles. The molecule has 3 rings (SSSR count). The number of ether oxygens (including phenoxy) is 2. The van der Waals surface area contributed by atoms with Crippen LogP contribution in [-0.2, 0) is 6.54 Å². The van der Waals surface area contributed by atoms with Crippen molar-refractivity contribution in [2.24, 2.45) is 4.99 Å². The highest BCUT2D eigenvalue weighted by Crippen LogP contribution is 2.26. The summed E-state index contributed by atoms with van der Waals surface area (Å²) in [6.07, 6.45) is 5.48. The lowest BCUT2D eigenvalue weighted by Crippen LogP contribution is -2.16. The SMILES string of the molecule is C#CCn1c(=NC(=O)c2ccc(OC)cc2OC)sc2cc(Cl)ccc21. The van der Waals surface area contributed by atoms with Crippen molar-refractivity contribution in [2.45, 2.75) is 6.54 Å². The molecule has 0 saturated carbocycles. The summed E-state index contributed by atoms with van der Waals surface area (Å²) in [6.45, 7) is 0.299. The van der Waals surface area contributed by atoms with Crippen LogP contribution in [0, 0.1) is 12.3 Å². The van der Waals surface area contributed by atoms with Gasteiger partial charge in [-0.15, -0.1) is 6.42 Å². The van der Waals surface area contributed by atoms with Gasteiger partial charge in [0.05, 0.1) is 36.5 Å². The number of carbonyl (C=O) groups excluding carboxylic acids is 1. The topological polar surface area (TPSA) is 52.8 Å². The van der Waals surface area contributed by atoms with E-state index in [-0.39, 0.29) is 0 Å². The van der Waals surface area contributed by atoms with E-state index in [0.29, 0.717) is 33.4 Å². The molecule has 1 aromatic heterocycles. The molecule has 7 heteroatoms. The van der Waals surface area contributed by atoms with Gasteiger partial charge in [0, 0.05) is 11.1 Å². The van der Waals surface area contributed by atoms with Crippen LogP contribution in [0.25, 0.3) is 10.2 Å². The van der Waals surface area contributed by atoms with Crippen molar-refractivity contribution in [3.05, 3.63) is 51.8 Å². The normalized spacial score (nSPS) is 11.4. The van der Waals surface area contributed by atoms with Gasteiger partial charge in [-0.1, -0.05) is 28.9 Å². The summed E-state index contributed by atoms with van der Waals surface area (Å²) >= 11 is 7.41. The molecule has 5 nitrogen and oxygen atoms in total. The quantitative estimate of drug-likeness (QED) is 0.642. The number of benzene rings is 2. The molecule has 0 aliphatic heterocycles. The lowest BCUT2D eigenvalue weighted by atomic mass is 10.2. The standard InChI is InChI=1S/C19H15ClN2O3S/c1-4-9-22-15-8-5-12(20)10-17(15)26-19(22)21-18(23)14-7-6-13(24-2)11-16(14)25-3/h1,5-8,10-11H,9H2,2-3H3. The average Bonchev–Trinajstić information content (AvgIpc) is 2.97. The Morgan fingerprint density at radius 2 is 2.08 bits per heavy atom. The van der Waals surface area contributed by atoms with E-state index in [1.165, 1.54) is 18.4 Å². The van der Waals surface area contributed by atoms with E-state index in [1.54, 1.807) is 31.4 Å². The predicted octanol–water partition coefficient (Wildman–Crippen LogP) is 3.75. The number of nitrogens with zero attached hydrogens (tertiary/aromatic N) is 2. The third kappa shape index (κ3) is 3.45. The molecule has 0 N–H and O–H groups in total. The summed E-state index contributed by atoms with van der Waals surface area (Å²) in [5, 5.41) is 0.612. The number of aromatic nitrogens is 1. The Bertz CT molecular complexity index is 1090. The third-order valence-corrected chi connectivity index (χ3v) is 5.01. The van der Waals surface area contributed by atoms with Crippen molar-refractivity contribution in [1.82, 2.24) is 4.57 Å². The second-order valence-electron chi connectivity index (χ2n) is 5.27. The fourth-order valence-electron chi connectivity index (χ4n) is 2.50. The number of thiazole rings is 1. The van der Waals surface area contributed by atoms with Crippen LogP contribution in [-0.4, -0.2) is 24.7 Å². The van der Waals surface area contributed by atoms with Gasteiger partial charge in [0.25, 0.3) is 5.91 Å². The Morgan fingerprint density at radius 3 is 2.77 bits per heavy atom. The average molecular weight is 387 g/mol. The van der Waals surface area contributed by atoms with Gasteiger partial charge in [-0.25, -0.2) is 0 Å². The van der Waals surface area contributed by atoms with Crippen molar-refractivity contribution in [2.75, 3.05) is 14.2 Å².